The number of nitrogens with one attached hydrogen (secondary N) is 1. The van der Waals surface area contributed by atoms with Gasteiger partial charge < -0.3 is 10.2 Å². The van der Waals surface area contributed by atoms with Crippen LogP contribution in [-0.2, 0) is 17.9 Å². The van der Waals surface area contributed by atoms with Gasteiger partial charge in [-0.15, -0.1) is 11.3 Å². The number of hydrogen-bond donors (Lipinski definition) is 1. The van der Waals surface area contributed by atoms with Crippen molar-refractivity contribution in [3.8, 4) is 0 Å². The minimum Gasteiger partial charge on any atom is -0.306 e. The molecule has 5 heteroatoms. The molecule has 2 aromatic rings. The van der Waals surface area contributed by atoms with Gasteiger partial charge >= 0.3 is 0 Å². The summed E-state index contributed by atoms with van der Waals surface area (Å²) in [7, 11) is 0. The van der Waals surface area contributed by atoms with E-state index in [1.165, 1.54) is 10.4 Å². The van der Waals surface area contributed by atoms with Crippen molar-refractivity contribution < 1.29 is 4.79 Å². The number of fused-ring (bicyclic) bond motifs is 1. The van der Waals surface area contributed by atoms with Gasteiger partial charge in [0, 0.05) is 27.0 Å². The highest BCUT2D eigenvalue weighted by molar-refractivity contribution is 9.10. The summed E-state index contributed by atoms with van der Waals surface area (Å²) < 4.78 is 1.07. The molecule has 0 saturated carbocycles. The number of thiophene rings is 1. The molecule has 1 amide bonds. The van der Waals surface area contributed by atoms with Gasteiger partial charge in [-0.3, -0.25) is 4.79 Å². The second kappa shape index (κ2) is 5.68. The largest absolute Gasteiger partial charge is 0.306 e. The Morgan fingerprint density at radius 3 is 3.00 bits per heavy atom. The Hall–Kier alpha value is -1.17. The predicted molar refractivity (Wildman–Crippen MR) is 86.0 cm³/mol. The highest BCUT2D eigenvalue weighted by atomic mass is 79.9. The highest BCUT2D eigenvalue weighted by Gasteiger charge is 2.27. The Balaban J connectivity index is 1.98. The van der Waals surface area contributed by atoms with Crippen LogP contribution < -0.4 is 10.2 Å². The van der Waals surface area contributed by atoms with Crippen LogP contribution in [-0.4, -0.2) is 11.9 Å². The summed E-state index contributed by atoms with van der Waals surface area (Å²) in [6.07, 6.45) is 0. The van der Waals surface area contributed by atoms with Gasteiger partial charge in [0.1, 0.15) is 0 Å². The molecule has 2 heterocycles. The van der Waals surface area contributed by atoms with Gasteiger partial charge in [-0.05, 0) is 40.5 Å². The van der Waals surface area contributed by atoms with Crippen molar-refractivity contribution >= 4 is 38.9 Å². The van der Waals surface area contributed by atoms with Crippen molar-refractivity contribution in [1.82, 2.24) is 5.32 Å². The zero-order valence-corrected chi connectivity index (χ0v) is 13.5. The van der Waals surface area contributed by atoms with Gasteiger partial charge in [0.05, 0.1) is 12.6 Å². The molecule has 0 bridgehead atoms. The van der Waals surface area contributed by atoms with E-state index in [9.17, 15) is 4.79 Å². The summed E-state index contributed by atoms with van der Waals surface area (Å²) in [5, 5.41) is 5.32. The summed E-state index contributed by atoms with van der Waals surface area (Å²) in [5.74, 6) is 0.125. The first-order chi connectivity index (χ1) is 9.65. The third-order valence-corrected chi connectivity index (χ3v) is 5.14. The number of anilines is 1. The van der Waals surface area contributed by atoms with Crippen molar-refractivity contribution in [1.29, 1.82) is 0 Å². The second-order valence-corrected chi connectivity index (χ2v) is 6.80. The Morgan fingerprint density at radius 2 is 2.25 bits per heavy atom. The summed E-state index contributed by atoms with van der Waals surface area (Å²) >= 11 is 5.13. The van der Waals surface area contributed by atoms with Crippen LogP contribution in [0.2, 0.25) is 0 Å². The average molecular weight is 351 g/mol. The van der Waals surface area contributed by atoms with Gasteiger partial charge in [0.25, 0.3) is 0 Å². The fourth-order valence-electron chi connectivity index (χ4n) is 2.38. The Bertz CT molecular complexity index is 640. The van der Waals surface area contributed by atoms with E-state index in [4.69, 9.17) is 0 Å². The van der Waals surface area contributed by atoms with Gasteiger partial charge in [-0.2, -0.15) is 0 Å². The number of carbonyl (C=O) groups is 1. The van der Waals surface area contributed by atoms with Gasteiger partial charge in [-0.1, -0.05) is 18.2 Å². The normalized spacial score (nSPS) is 18.8. The van der Waals surface area contributed by atoms with Crippen molar-refractivity contribution in [2.24, 2.45) is 0 Å². The molecule has 0 fully saturated rings. The average Bonchev–Trinajstić information content (AvgIpc) is 2.82. The maximum absolute atomic E-state index is 12.6. The fourth-order valence-corrected chi connectivity index (χ4v) is 3.82. The van der Waals surface area contributed by atoms with Crippen LogP contribution >= 0.6 is 27.3 Å². The van der Waals surface area contributed by atoms with E-state index in [0.29, 0.717) is 6.54 Å². The summed E-state index contributed by atoms with van der Waals surface area (Å²) in [5.41, 5.74) is 2.18. The van der Waals surface area contributed by atoms with Crippen molar-refractivity contribution in [2.75, 3.05) is 4.90 Å². The number of halogens is 1. The monoisotopic (exact) mass is 350 g/mol. The van der Waals surface area contributed by atoms with Crippen LogP contribution in [0.3, 0.4) is 0 Å². The molecule has 3 nitrogen and oxygen atoms in total. The van der Waals surface area contributed by atoms with Crippen LogP contribution in [0.25, 0.3) is 0 Å². The SMILES string of the molecule is CC1NCc2ccccc2N(Cc2cc(Br)cs2)C1=O. The van der Waals surface area contributed by atoms with Crippen molar-refractivity contribution in [2.45, 2.75) is 26.1 Å². The summed E-state index contributed by atoms with van der Waals surface area (Å²) in [4.78, 5) is 15.6. The van der Waals surface area contributed by atoms with E-state index >= 15 is 0 Å². The van der Waals surface area contributed by atoms with Crippen LogP contribution in [0.4, 0.5) is 5.69 Å². The quantitative estimate of drug-likeness (QED) is 0.898. The Kier molecular flexibility index (Phi) is 3.92. The zero-order valence-electron chi connectivity index (χ0n) is 11.1. The molecule has 0 spiro atoms. The molecular formula is C15H15BrN2OS. The number of rotatable bonds is 2. The van der Waals surface area contributed by atoms with E-state index < -0.39 is 0 Å². The van der Waals surface area contributed by atoms with E-state index in [-0.39, 0.29) is 11.9 Å². The molecule has 1 aliphatic heterocycles. The summed E-state index contributed by atoms with van der Waals surface area (Å²) in [6, 6.07) is 10.0. The first-order valence-corrected chi connectivity index (χ1v) is 8.18. The molecule has 1 aromatic carbocycles. The molecule has 1 aliphatic rings. The lowest BCUT2D eigenvalue weighted by atomic mass is 10.1. The molecule has 1 unspecified atom stereocenters. The number of hydrogen-bond acceptors (Lipinski definition) is 3. The van der Waals surface area contributed by atoms with E-state index in [0.717, 1.165) is 16.7 Å². The second-order valence-electron chi connectivity index (χ2n) is 4.89. The first kappa shape index (κ1) is 13.8. The van der Waals surface area contributed by atoms with Crippen LogP contribution in [0.15, 0.2) is 40.2 Å². The van der Waals surface area contributed by atoms with Gasteiger partial charge in [-0.25, -0.2) is 0 Å². The Labute approximate surface area is 130 Å². The number of amides is 1. The summed E-state index contributed by atoms with van der Waals surface area (Å²) in [6.45, 7) is 3.28. The van der Waals surface area contributed by atoms with Crippen LogP contribution in [0, 0.1) is 0 Å². The van der Waals surface area contributed by atoms with E-state index in [1.807, 2.05) is 35.4 Å². The number of para-hydroxylation sites is 1. The van der Waals surface area contributed by atoms with Gasteiger partial charge in [0.15, 0.2) is 0 Å². The lowest BCUT2D eigenvalue weighted by Gasteiger charge is -2.23. The molecule has 0 aliphatic carbocycles. The number of nitrogens with zero attached hydrogens (tertiary/aromatic N) is 1. The molecule has 1 atom stereocenters. The number of carbonyl (C=O) groups excluding carboxylic acids is 1. The zero-order chi connectivity index (χ0) is 14.1. The van der Waals surface area contributed by atoms with Crippen LogP contribution in [0.5, 0.6) is 0 Å². The molecule has 0 radical (unpaired) electrons. The van der Waals surface area contributed by atoms with Gasteiger partial charge in [0.2, 0.25) is 5.91 Å². The topological polar surface area (TPSA) is 32.3 Å². The lowest BCUT2D eigenvalue weighted by molar-refractivity contribution is -0.120. The standard InChI is InChI=1S/C15H15BrN2OS/c1-10-15(19)18(8-13-6-12(16)9-20-13)14-5-3-2-4-11(14)7-17-10/h2-6,9-10,17H,7-8H2,1H3. The molecule has 1 aromatic heterocycles. The maximum atomic E-state index is 12.6. The molecule has 1 N–H and O–H groups in total. The first-order valence-electron chi connectivity index (χ1n) is 6.51. The molecule has 0 saturated heterocycles. The van der Waals surface area contributed by atoms with Crippen molar-refractivity contribution in [3.05, 3.63) is 50.6 Å². The number of benzene rings is 1. The van der Waals surface area contributed by atoms with E-state index in [1.54, 1.807) is 11.3 Å². The molecule has 104 valence electrons. The van der Waals surface area contributed by atoms with Crippen LogP contribution in [0.1, 0.15) is 17.4 Å². The fraction of sp³-hybridized carbons (Fsp3) is 0.267. The lowest BCUT2D eigenvalue weighted by Crippen LogP contribution is -2.41. The third kappa shape index (κ3) is 2.66. The third-order valence-electron chi connectivity index (χ3n) is 3.45. The minimum absolute atomic E-state index is 0.125. The molecule has 20 heavy (non-hydrogen) atoms. The predicted octanol–water partition coefficient (Wildman–Crippen LogP) is 3.54. The smallest absolute Gasteiger partial charge is 0.244 e. The minimum atomic E-state index is -0.161. The van der Waals surface area contributed by atoms with Crippen molar-refractivity contribution in [3.63, 3.8) is 0 Å². The molecule has 3 rings (SSSR count). The Morgan fingerprint density at radius 1 is 1.45 bits per heavy atom. The van der Waals surface area contributed by atoms with E-state index in [2.05, 4.69) is 33.4 Å². The highest BCUT2D eigenvalue weighted by Crippen LogP contribution is 2.28. The maximum Gasteiger partial charge on any atom is 0.244 e. The molecular weight excluding hydrogens is 336 g/mol.